The van der Waals surface area contributed by atoms with Gasteiger partial charge in [0.2, 0.25) is 5.43 Å². The average Bonchev–Trinajstić information content (AvgIpc) is 2.61. The smallest absolute Gasteiger partial charge is 0.210 e. The number of anilines is 1. The summed E-state index contributed by atoms with van der Waals surface area (Å²) in [5, 5.41) is 0.937. The Labute approximate surface area is 109 Å². The maximum atomic E-state index is 12.1. The van der Waals surface area contributed by atoms with Crippen LogP contribution < -0.4 is 11.2 Å². The molecule has 3 rings (SSSR count). The molecule has 4 nitrogen and oxygen atoms in total. The number of aromatic nitrogens is 2. The molecule has 19 heavy (non-hydrogen) atoms. The van der Waals surface area contributed by atoms with Crippen molar-refractivity contribution in [3.8, 4) is 11.3 Å². The van der Waals surface area contributed by atoms with Crippen LogP contribution in [0.25, 0.3) is 22.3 Å². The highest BCUT2D eigenvalue weighted by molar-refractivity contribution is 5.78. The van der Waals surface area contributed by atoms with Crippen molar-refractivity contribution < 1.29 is 0 Å². The minimum Gasteiger partial charge on any atom is -0.396 e. The van der Waals surface area contributed by atoms with Gasteiger partial charge in [0.05, 0.1) is 11.4 Å². The number of nitrogens with zero attached hydrogens (tertiary/aromatic N) is 2. The highest BCUT2D eigenvalue weighted by atomic mass is 16.1. The third-order valence-corrected chi connectivity index (χ3v) is 2.90. The molecule has 0 aliphatic rings. The molecule has 0 atom stereocenters. The van der Waals surface area contributed by atoms with Crippen LogP contribution in [0.4, 0.5) is 5.69 Å². The summed E-state index contributed by atoms with van der Waals surface area (Å²) in [6.45, 7) is 0. The summed E-state index contributed by atoms with van der Waals surface area (Å²) in [4.78, 5) is 20.7. The van der Waals surface area contributed by atoms with E-state index in [2.05, 4.69) is 9.97 Å². The van der Waals surface area contributed by atoms with Crippen molar-refractivity contribution in [3.63, 3.8) is 0 Å². The Morgan fingerprint density at radius 2 is 1.79 bits per heavy atom. The van der Waals surface area contributed by atoms with Gasteiger partial charge in [0, 0.05) is 17.1 Å². The molecule has 0 aliphatic carbocycles. The molecule has 2 N–H and O–H groups in total. The second-order valence-corrected chi connectivity index (χ2v) is 4.16. The number of nitrogen functional groups attached to an aromatic ring is 1. The number of fused-ring (bicyclic) bond motifs is 1. The monoisotopic (exact) mass is 249 g/mol. The van der Waals surface area contributed by atoms with E-state index in [0.717, 1.165) is 5.39 Å². The normalized spacial score (nSPS) is 10.5. The Hall–Kier alpha value is -2.75. The molecule has 0 fully saturated rings. The van der Waals surface area contributed by atoms with Gasteiger partial charge in [0.15, 0.2) is 5.65 Å². The van der Waals surface area contributed by atoms with Crippen molar-refractivity contribution in [2.45, 2.75) is 0 Å². The van der Waals surface area contributed by atoms with Crippen LogP contribution in [0, 0.1) is 0 Å². The summed E-state index contributed by atoms with van der Waals surface area (Å²) in [6.07, 6.45) is 1.68. The van der Waals surface area contributed by atoms with Crippen LogP contribution in [-0.2, 0) is 0 Å². The first-order valence-electron chi connectivity index (χ1n) is 5.87. The fourth-order valence-corrected chi connectivity index (χ4v) is 1.92. The maximum Gasteiger partial charge on any atom is 0.210 e. The van der Waals surface area contributed by atoms with Gasteiger partial charge in [-0.05, 0) is 36.4 Å². The zero-order chi connectivity index (χ0) is 13.2. The molecule has 0 radical (unpaired) electrons. The lowest BCUT2D eigenvalue weighted by atomic mass is 10.1. The Bertz CT molecular complexity index is 815. The van der Waals surface area contributed by atoms with E-state index in [1.54, 1.807) is 36.5 Å². The van der Waals surface area contributed by atoms with Crippen molar-refractivity contribution in [1.82, 2.24) is 9.97 Å². The van der Waals surface area contributed by atoms with Crippen molar-refractivity contribution >= 4 is 16.7 Å². The van der Waals surface area contributed by atoms with Crippen LogP contribution in [0.2, 0.25) is 0 Å². The van der Waals surface area contributed by atoms with Gasteiger partial charge in [0.25, 0.3) is 0 Å². The number of rotatable bonds is 1. The lowest BCUT2D eigenvalue weighted by Gasteiger charge is -2.00. The van der Waals surface area contributed by atoms with Crippen LogP contribution in [-0.4, -0.2) is 9.97 Å². The lowest BCUT2D eigenvalue weighted by molar-refractivity contribution is 1.28. The van der Waals surface area contributed by atoms with Crippen LogP contribution in [0.5, 0.6) is 0 Å². The zero-order valence-electron chi connectivity index (χ0n) is 10.1. The highest BCUT2D eigenvalue weighted by Crippen LogP contribution is 2.17. The number of hydrogen-bond donors (Lipinski definition) is 1. The predicted molar refractivity (Wildman–Crippen MR) is 75.7 cm³/mol. The van der Waals surface area contributed by atoms with E-state index < -0.39 is 0 Å². The summed E-state index contributed by atoms with van der Waals surface area (Å²) >= 11 is 0. The molecule has 0 bridgehead atoms. The van der Waals surface area contributed by atoms with Gasteiger partial charge in [-0.2, -0.15) is 0 Å². The van der Waals surface area contributed by atoms with Gasteiger partial charge in [-0.25, -0.2) is 9.97 Å². The second-order valence-electron chi connectivity index (χ2n) is 4.16. The topological polar surface area (TPSA) is 68.9 Å². The Balaban J connectivity index is 2.29. The van der Waals surface area contributed by atoms with Gasteiger partial charge >= 0.3 is 0 Å². The van der Waals surface area contributed by atoms with Crippen LogP contribution >= 0.6 is 0 Å². The molecule has 4 heteroatoms. The van der Waals surface area contributed by atoms with Crippen molar-refractivity contribution in [3.05, 3.63) is 65.0 Å². The van der Waals surface area contributed by atoms with Gasteiger partial charge in [-0.1, -0.05) is 12.1 Å². The van der Waals surface area contributed by atoms with E-state index in [-0.39, 0.29) is 11.1 Å². The summed E-state index contributed by atoms with van der Waals surface area (Å²) < 4.78 is 0. The Kier molecular flexibility index (Phi) is 2.68. The van der Waals surface area contributed by atoms with E-state index >= 15 is 0 Å². The van der Waals surface area contributed by atoms with Gasteiger partial charge in [0.1, 0.15) is 0 Å². The molecule has 1 aromatic carbocycles. The summed E-state index contributed by atoms with van der Waals surface area (Å²) in [7, 11) is 0. The molecule has 92 valence electrons. The molecule has 2 aromatic heterocycles. The fourth-order valence-electron chi connectivity index (χ4n) is 1.92. The molecule has 2 heterocycles. The quantitative estimate of drug-likeness (QED) is 0.718. The van der Waals surface area contributed by atoms with E-state index in [1.807, 2.05) is 18.2 Å². The standard InChI is InChI=1S/C15H11N3O/c16-12-6-2-1-5-11(14(12)19)13-8-7-10-4-3-9-17-15(10)18-13/h1-9H,(H2,16,19). The largest absolute Gasteiger partial charge is 0.396 e. The summed E-state index contributed by atoms with van der Waals surface area (Å²) in [5.74, 6) is 0. The van der Waals surface area contributed by atoms with Gasteiger partial charge in [-0.3, -0.25) is 4.79 Å². The van der Waals surface area contributed by atoms with E-state index in [9.17, 15) is 4.79 Å². The van der Waals surface area contributed by atoms with E-state index in [4.69, 9.17) is 5.73 Å². The minimum atomic E-state index is -0.215. The molecular formula is C15H11N3O. The average molecular weight is 249 g/mol. The van der Waals surface area contributed by atoms with Gasteiger partial charge < -0.3 is 5.73 Å². The third-order valence-electron chi connectivity index (χ3n) is 2.90. The third kappa shape index (κ3) is 2.04. The van der Waals surface area contributed by atoms with E-state index in [1.165, 1.54) is 0 Å². The van der Waals surface area contributed by atoms with Crippen LogP contribution in [0.1, 0.15) is 0 Å². The number of nitrogens with two attached hydrogens (primary N) is 1. The van der Waals surface area contributed by atoms with Crippen molar-refractivity contribution in [2.75, 3.05) is 5.73 Å². The van der Waals surface area contributed by atoms with Crippen molar-refractivity contribution in [2.24, 2.45) is 0 Å². The van der Waals surface area contributed by atoms with Crippen LogP contribution in [0.3, 0.4) is 0 Å². The summed E-state index contributed by atoms with van der Waals surface area (Å²) in [6, 6.07) is 14.3. The van der Waals surface area contributed by atoms with E-state index in [0.29, 0.717) is 16.9 Å². The summed E-state index contributed by atoms with van der Waals surface area (Å²) in [5.41, 5.74) is 7.37. The maximum absolute atomic E-state index is 12.1. The minimum absolute atomic E-state index is 0.211. The Morgan fingerprint density at radius 1 is 0.947 bits per heavy atom. The predicted octanol–water partition coefficient (Wildman–Crippen LogP) is 2.24. The molecule has 0 aliphatic heterocycles. The first kappa shape index (κ1) is 11.3. The molecule has 0 saturated heterocycles. The first-order chi connectivity index (χ1) is 9.25. The molecule has 0 unspecified atom stereocenters. The molecule has 0 amide bonds. The lowest BCUT2D eigenvalue weighted by Crippen LogP contribution is -2.08. The van der Waals surface area contributed by atoms with Crippen LogP contribution in [0.15, 0.2) is 59.5 Å². The van der Waals surface area contributed by atoms with Crippen molar-refractivity contribution in [1.29, 1.82) is 0 Å². The van der Waals surface area contributed by atoms with Gasteiger partial charge in [-0.15, -0.1) is 0 Å². The SMILES string of the molecule is Nc1ccccc(-c2ccc3cccnc3n2)c1=O. The fraction of sp³-hybridized carbons (Fsp3) is 0. The second kappa shape index (κ2) is 4.49. The molecule has 0 spiro atoms. The zero-order valence-corrected chi connectivity index (χ0v) is 10.1. The Morgan fingerprint density at radius 3 is 2.68 bits per heavy atom. The molecule has 0 saturated carbocycles. The molecular weight excluding hydrogens is 238 g/mol. The number of pyridine rings is 2. The number of hydrogen-bond acceptors (Lipinski definition) is 4. The highest BCUT2D eigenvalue weighted by Gasteiger charge is 2.06. The first-order valence-corrected chi connectivity index (χ1v) is 5.87. The molecule has 3 aromatic rings.